The van der Waals surface area contributed by atoms with Crippen LogP contribution in [0.5, 0.6) is 5.75 Å². The molecule has 0 unspecified atom stereocenters. The van der Waals surface area contributed by atoms with Crippen molar-refractivity contribution in [3.8, 4) is 5.75 Å². The van der Waals surface area contributed by atoms with Gasteiger partial charge in [0.1, 0.15) is 23.9 Å². The number of furan rings is 1. The van der Waals surface area contributed by atoms with Crippen LogP contribution in [0.2, 0.25) is 0 Å². The number of rotatable bonds is 4. The maximum atomic E-state index is 13.3. The second-order valence-corrected chi connectivity index (χ2v) is 3.86. The van der Waals surface area contributed by atoms with Gasteiger partial charge in [0, 0.05) is 18.2 Å². The summed E-state index contributed by atoms with van der Waals surface area (Å²) in [6.07, 6.45) is 0. The summed E-state index contributed by atoms with van der Waals surface area (Å²) in [4.78, 5) is 0. The van der Waals surface area contributed by atoms with Crippen molar-refractivity contribution < 1.29 is 17.9 Å². The van der Waals surface area contributed by atoms with Gasteiger partial charge in [0.05, 0.1) is 0 Å². The lowest BCUT2D eigenvalue weighted by molar-refractivity contribution is 0.255. The van der Waals surface area contributed by atoms with Crippen molar-refractivity contribution in [1.29, 1.82) is 0 Å². The van der Waals surface area contributed by atoms with Gasteiger partial charge in [-0.15, -0.1) is 0 Å². The summed E-state index contributed by atoms with van der Waals surface area (Å²) >= 11 is 0. The molecule has 1 aromatic heterocycles. The quantitative estimate of drug-likeness (QED) is 0.911. The van der Waals surface area contributed by atoms with Crippen LogP contribution >= 0.6 is 0 Å². The Morgan fingerprint density at radius 2 is 2.06 bits per heavy atom. The molecule has 5 heteroatoms. The van der Waals surface area contributed by atoms with Gasteiger partial charge in [-0.3, -0.25) is 0 Å². The highest BCUT2D eigenvalue weighted by atomic mass is 19.1. The van der Waals surface area contributed by atoms with Crippen LogP contribution in [0.3, 0.4) is 0 Å². The molecular formula is C13H13F2NO2. The van der Waals surface area contributed by atoms with Gasteiger partial charge >= 0.3 is 0 Å². The lowest BCUT2D eigenvalue weighted by atomic mass is 10.2. The van der Waals surface area contributed by atoms with E-state index in [-0.39, 0.29) is 12.4 Å². The molecule has 96 valence electrons. The predicted octanol–water partition coefficient (Wildman–Crippen LogP) is 2.90. The van der Waals surface area contributed by atoms with Gasteiger partial charge in [0.15, 0.2) is 11.6 Å². The Hall–Kier alpha value is -1.88. The van der Waals surface area contributed by atoms with E-state index in [1.807, 2.05) is 0 Å². The topological polar surface area (TPSA) is 48.4 Å². The second kappa shape index (κ2) is 5.18. The first-order valence-electron chi connectivity index (χ1n) is 5.46. The third-order valence-electron chi connectivity index (χ3n) is 2.55. The molecule has 0 aliphatic carbocycles. The summed E-state index contributed by atoms with van der Waals surface area (Å²) in [6, 6.07) is 4.79. The fourth-order valence-electron chi connectivity index (χ4n) is 1.60. The summed E-state index contributed by atoms with van der Waals surface area (Å²) in [6.45, 7) is 2.18. The van der Waals surface area contributed by atoms with E-state index in [9.17, 15) is 8.78 Å². The third-order valence-corrected chi connectivity index (χ3v) is 2.55. The van der Waals surface area contributed by atoms with E-state index in [0.717, 1.165) is 23.8 Å². The van der Waals surface area contributed by atoms with Gasteiger partial charge in [-0.1, -0.05) is 0 Å². The summed E-state index contributed by atoms with van der Waals surface area (Å²) in [5.74, 6) is -0.0748. The average molecular weight is 253 g/mol. The number of halogens is 2. The Balaban J connectivity index is 2.08. The number of aryl methyl sites for hydroxylation is 1. The van der Waals surface area contributed by atoms with Crippen LogP contribution in [-0.4, -0.2) is 0 Å². The van der Waals surface area contributed by atoms with E-state index in [2.05, 4.69) is 0 Å². The highest BCUT2D eigenvalue weighted by Crippen LogP contribution is 2.21. The molecule has 0 atom stereocenters. The van der Waals surface area contributed by atoms with Crippen molar-refractivity contribution >= 4 is 0 Å². The van der Waals surface area contributed by atoms with Crippen LogP contribution in [0, 0.1) is 18.6 Å². The van der Waals surface area contributed by atoms with Crippen molar-refractivity contribution in [3.05, 3.63) is 53.0 Å². The monoisotopic (exact) mass is 253 g/mol. The second-order valence-electron chi connectivity index (χ2n) is 3.86. The standard InChI is InChI=1S/C13H13F2NO2/c1-8-9(6-16)4-11(18-8)7-17-13-5-10(14)2-3-12(13)15/h2-5H,6-7,16H2,1H3. The van der Waals surface area contributed by atoms with E-state index in [0.29, 0.717) is 18.1 Å². The number of ether oxygens (including phenoxy) is 1. The molecule has 0 spiro atoms. The van der Waals surface area contributed by atoms with E-state index >= 15 is 0 Å². The molecule has 1 aromatic carbocycles. The van der Waals surface area contributed by atoms with Crippen molar-refractivity contribution in [2.75, 3.05) is 0 Å². The van der Waals surface area contributed by atoms with Crippen LogP contribution in [0.1, 0.15) is 17.1 Å². The van der Waals surface area contributed by atoms with Gasteiger partial charge in [0.2, 0.25) is 0 Å². The van der Waals surface area contributed by atoms with E-state index in [1.54, 1.807) is 13.0 Å². The van der Waals surface area contributed by atoms with Crippen molar-refractivity contribution in [2.45, 2.75) is 20.1 Å². The zero-order valence-electron chi connectivity index (χ0n) is 9.87. The first-order valence-corrected chi connectivity index (χ1v) is 5.46. The fourth-order valence-corrected chi connectivity index (χ4v) is 1.60. The molecule has 2 aromatic rings. The van der Waals surface area contributed by atoms with Gasteiger partial charge in [0.25, 0.3) is 0 Å². The molecule has 0 aliphatic rings. The summed E-state index contributed by atoms with van der Waals surface area (Å²) in [5, 5.41) is 0. The molecule has 0 saturated heterocycles. The Morgan fingerprint density at radius 1 is 1.28 bits per heavy atom. The normalized spacial score (nSPS) is 10.7. The first kappa shape index (κ1) is 12.6. The average Bonchev–Trinajstić information content (AvgIpc) is 2.71. The molecule has 0 fully saturated rings. The number of hydrogen-bond acceptors (Lipinski definition) is 3. The minimum atomic E-state index is -0.612. The Bertz CT molecular complexity index is 552. The number of nitrogens with two attached hydrogens (primary N) is 1. The van der Waals surface area contributed by atoms with Crippen molar-refractivity contribution in [3.63, 3.8) is 0 Å². The molecule has 0 amide bonds. The zero-order chi connectivity index (χ0) is 13.1. The largest absolute Gasteiger partial charge is 0.482 e. The molecule has 3 nitrogen and oxygen atoms in total. The minimum absolute atomic E-state index is 0.0290. The molecular weight excluding hydrogens is 240 g/mol. The van der Waals surface area contributed by atoms with Gasteiger partial charge in [-0.05, 0) is 25.1 Å². The highest BCUT2D eigenvalue weighted by Gasteiger charge is 2.09. The van der Waals surface area contributed by atoms with Crippen LogP contribution in [0.15, 0.2) is 28.7 Å². The Labute approximate surface area is 103 Å². The van der Waals surface area contributed by atoms with E-state index in [1.165, 1.54) is 0 Å². The Morgan fingerprint density at radius 3 is 2.72 bits per heavy atom. The lowest BCUT2D eigenvalue weighted by Crippen LogP contribution is -1.97. The zero-order valence-corrected chi connectivity index (χ0v) is 9.87. The fraction of sp³-hybridized carbons (Fsp3) is 0.231. The van der Waals surface area contributed by atoms with Crippen LogP contribution in [0.4, 0.5) is 8.78 Å². The van der Waals surface area contributed by atoms with E-state index < -0.39 is 11.6 Å². The molecule has 1 heterocycles. The Kier molecular flexibility index (Phi) is 3.62. The SMILES string of the molecule is Cc1oc(COc2cc(F)ccc2F)cc1CN. The van der Waals surface area contributed by atoms with Crippen molar-refractivity contribution in [2.24, 2.45) is 5.73 Å². The van der Waals surface area contributed by atoms with Gasteiger partial charge < -0.3 is 14.9 Å². The van der Waals surface area contributed by atoms with Crippen LogP contribution in [-0.2, 0) is 13.2 Å². The van der Waals surface area contributed by atoms with Crippen molar-refractivity contribution in [1.82, 2.24) is 0 Å². The maximum absolute atomic E-state index is 13.3. The maximum Gasteiger partial charge on any atom is 0.165 e. The smallest absolute Gasteiger partial charge is 0.165 e. The first-order chi connectivity index (χ1) is 8.60. The van der Waals surface area contributed by atoms with E-state index in [4.69, 9.17) is 14.9 Å². The summed E-state index contributed by atoms with van der Waals surface area (Å²) in [5.41, 5.74) is 6.37. The minimum Gasteiger partial charge on any atom is -0.482 e. The molecule has 18 heavy (non-hydrogen) atoms. The summed E-state index contributed by atoms with van der Waals surface area (Å²) < 4.78 is 36.7. The third kappa shape index (κ3) is 2.68. The molecule has 2 rings (SSSR count). The summed E-state index contributed by atoms with van der Waals surface area (Å²) in [7, 11) is 0. The lowest BCUT2D eigenvalue weighted by Gasteiger charge is -2.05. The van der Waals surface area contributed by atoms with Crippen LogP contribution < -0.4 is 10.5 Å². The highest BCUT2D eigenvalue weighted by molar-refractivity contribution is 5.25. The molecule has 0 bridgehead atoms. The number of benzene rings is 1. The predicted molar refractivity (Wildman–Crippen MR) is 62.0 cm³/mol. The molecule has 0 aliphatic heterocycles. The van der Waals surface area contributed by atoms with Gasteiger partial charge in [-0.2, -0.15) is 0 Å². The van der Waals surface area contributed by atoms with Gasteiger partial charge in [-0.25, -0.2) is 8.78 Å². The molecule has 0 radical (unpaired) electrons. The van der Waals surface area contributed by atoms with Crippen LogP contribution in [0.25, 0.3) is 0 Å². The number of hydrogen-bond donors (Lipinski definition) is 1. The molecule has 0 saturated carbocycles. The molecule has 2 N–H and O–H groups in total.